The van der Waals surface area contributed by atoms with Crippen molar-refractivity contribution in [2.75, 3.05) is 6.54 Å². The smallest absolute Gasteiger partial charge is 0.124 e. The fourth-order valence-corrected chi connectivity index (χ4v) is 2.94. The molecule has 1 atom stereocenters. The summed E-state index contributed by atoms with van der Waals surface area (Å²) >= 11 is 9.58. The molecule has 106 valence electrons. The molecule has 0 fully saturated rings. The summed E-state index contributed by atoms with van der Waals surface area (Å²) in [6.07, 6.45) is 4.09. The van der Waals surface area contributed by atoms with Gasteiger partial charge in [0.25, 0.3) is 0 Å². The monoisotopic (exact) mass is 356 g/mol. The van der Waals surface area contributed by atoms with Crippen LogP contribution in [0.5, 0.6) is 0 Å². The van der Waals surface area contributed by atoms with E-state index in [9.17, 15) is 4.39 Å². The molecule has 0 radical (unpaired) electrons. The molecule has 0 bridgehead atoms. The number of halogens is 3. The highest BCUT2D eigenvalue weighted by Gasteiger charge is 2.16. The van der Waals surface area contributed by atoms with Gasteiger partial charge in [-0.05, 0) is 42.3 Å². The lowest BCUT2D eigenvalue weighted by Crippen LogP contribution is -2.23. The van der Waals surface area contributed by atoms with Gasteiger partial charge < -0.3 is 5.32 Å². The fourth-order valence-electron chi connectivity index (χ4n) is 2.11. The standard InChI is InChI=1S/C15H15BrClFN2/c1-2-20-15(7-10-5-6-19-9-14(10)17)12-4-3-11(18)8-13(12)16/h3-6,8-9,15,20H,2,7H2,1H3. The molecule has 0 aliphatic rings. The average molecular weight is 358 g/mol. The van der Waals surface area contributed by atoms with Crippen LogP contribution in [0.4, 0.5) is 4.39 Å². The van der Waals surface area contributed by atoms with Crippen molar-refractivity contribution in [3.05, 3.63) is 63.1 Å². The maximum Gasteiger partial charge on any atom is 0.124 e. The van der Waals surface area contributed by atoms with Gasteiger partial charge in [-0.25, -0.2) is 4.39 Å². The van der Waals surface area contributed by atoms with Crippen molar-refractivity contribution in [1.82, 2.24) is 10.3 Å². The maximum atomic E-state index is 13.2. The van der Waals surface area contributed by atoms with Crippen molar-refractivity contribution in [2.24, 2.45) is 0 Å². The van der Waals surface area contributed by atoms with Gasteiger partial charge in [0.05, 0.1) is 5.02 Å². The third-order valence-electron chi connectivity index (χ3n) is 3.07. The van der Waals surface area contributed by atoms with Gasteiger partial charge in [0.1, 0.15) is 5.82 Å². The summed E-state index contributed by atoms with van der Waals surface area (Å²) < 4.78 is 14.0. The predicted octanol–water partition coefficient (Wildman–Crippen LogP) is 4.53. The Hall–Kier alpha value is -0.970. The van der Waals surface area contributed by atoms with Gasteiger partial charge >= 0.3 is 0 Å². The van der Waals surface area contributed by atoms with E-state index in [-0.39, 0.29) is 11.9 Å². The van der Waals surface area contributed by atoms with Crippen LogP contribution in [0.15, 0.2) is 41.1 Å². The summed E-state index contributed by atoms with van der Waals surface area (Å²) in [6, 6.07) is 6.72. The zero-order valence-corrected chi connectivity index (χ0v) is 13.4. The predicted molar refractivity (Wildman–Crippen MR) is 83.5 cm³/mol. The van der Waals surface area contributed by atoms with Crippen LogP contribution in [0.1, 0.15) is 24.1 Å². The molecule has 2 nitrogen and oxygen atoms in total. The van der Waals surface area contributed by atoms with Gasteiger partial charge in [0, 0.05) is 22.9 Å². The molecule has 2 rings (SSSR count). The first kappa shape index (κ1) is 15.4. The van der Waals surface area contributed by atoms with E-state index in [0.717, 1.165) is 28.6 Å². The summed E-state index contributed by atoms with van der Waals surface area (Å²) in [7, 11) is 0. The molecule has 20 heavy (non-hydrogen) atoms. The molecular formula is C15H15BrClFN2. The number of benzene rings is 1. The Labute approximate surface area is 131 Å². The zero-order chi connectivity index (χ0) is 14.5. The normalized spacial score (nSPS) is 12.4. The van der Waals surface area contributed by atoms with Gasteiger partial charge in [0.15, 0.2) is 0 Å². The van der Waals surface area contributed by atoms with Crippen LogP contribution in [0, 0.1) is 5.82 Å². The molecule has 0 aliphatic carbocycles. The number of hydrogen-bond acceptors (Lipinski definition) is 2. The SMILES string of the molecule is CCNC(Cc1ccncc1Cl)c1ccc(F)cc1Br. The molecule has 0 amide bonds. The van der Waals surface area contributed by atoms with Crippen LogP contribution >= 0.6 is 27.5 Å². The minimum absolute atomic E-state index is 0.0647. The van der Waals surface area contributed by atoms with Crippen LogP contribution in [0.25, 0.3) is 0 Å². The molecule has 1 heterocycles. The Balaban J connectivity index is 2.29. The molecule has 0 saturated heterocycles. The minimum Gasteiger partial charge on any atom is -0.310 e. The Bertz CT molecular complexity index is 592. The van der Waals surface area contributed by atoms with E-state index in [0.29, 0.717) is 5.02 Å². The summed E-state index contributed by atoms with van der Waals surface area (Å²) in [6.45, 7) is 2.86. The molecule has 1 aromatic heterocycles. The second-order valence-corrected chi connectivity index (χ2v) is 5.71. The number of likely N-dealkylation sites (N-methyl/N-ethyl adjacent to an activating group) is 1. The van der Waals surface area contributed by atoms with Gasteiger partial charge in [-0.3, -0.25) is 4.98 Å². The van der Waals surface area contributed by atoms with Gasteiger partial charge in [0.2, 0.25) is 0 Å². The lowest BCUT2D eigenvalue weighted by molar-refractivity contribution is 0.545. The topological polar surface area (TPSA) is 24.9 Å². The van der Waals surface area contributed by atoms with E-state index in [1.165, 1.54) is 12.1 Å². The Morgan fingerprint density at radius 2 is 2.20 bits per heavy atom. The number of aromatic nitrogens is 1. The number of hydrogen-bond donors (Lipinski definition) is 1. The Kier molecular flexibility index (Phi) is 5.52. The second kappa shape index (κ2) is 7.16. The number of rotatable bonds is 5. The summed E-state index contributed by atoms with van der Waals surface area (Å²) in [5, 5.41) is 4.05. The Morgan fingerprint density at radius 1 is 1.40 bits per heavy atom. The van der Waals surface area contributed by atoms with Crippen molar-refractivity contribution >= 4 is 27.5 Å². The molecule has 1 N–H and O–H groups in total. The summed E-state index contributed by atoms with van der Waals surface area (Å²) in [4.78, 5) is 3.99. The molecule has 5 heteroatoms. The third-order valence-corrected chi connectivity index (χ3v) is 4.10. The fraction of sp³-hybridized carbons (Fsp3) is 0.267. The molecule has 0 aliphatic heterocycles. The van der Waals surface area contributed by atoms with Gasteiger partial charge in [-0.2, -0.15) is 0 Å². The van der Waals surface area contributed by atoms with Gasteiger partial charge in [-0.1, -0.05) is 40.5 Å². The van der Waals surface area contributed by atoms with Crippen LogP contribution in [-0.4, -0.2) is 11.5 Å². The molecule has 1 unspecified atom stereocenters. The van der Waals surface area contributed by atoms with Crippen molar-refractivity contribution in [1.29, 1.82) is 0 Å². The van der Waals surface area contributed by atoms with E-state index in [2.05, 4.69) is 26.2 Å². The Morgan fingerprint density at radius 3 is 2.85 bits per heavy atom. The first-order valence-electron chi connectivity index (χ1n) is 6.38. The van der Waals surface area contributed by atoms with Crippen molar-refractivity contribution < 1.29 is 4.39 Å². The highest BCUT2D eigenvalue weighted by atomic mass is 79.9. The van der Waals surface area contributed by atoms with Gasteiger partial charge in [-0.15, -0.1) is 0 Å². The third kappa shape index (κ3) is 3.78. The molecule has 2 aromatic rings. The quantitative estimate of drug-likeness (QED) is 0.850. The van der Waals surface area contributed by atoms with Crippen LogP contribution in [0.2, 0.25) is 5.02 Å². The zero-order valence-electron chi connectivity index (χ0n) is 11.0. The molecule has 0 spiro atoms. The number of nitrogens with zero attached hydrogens (tertiary/aromatic N) is 1. The van der Waals surface area contributed by atoms with E-state index in [4.69, 9.17) is 11.6 Å². The van der Waals surface area contributed by atoms with E-state index in [1.54, 1.807) is 18.5 Å². The minimum atomic E-state index is -0.252. The second-order valence-electron chi connectivity index (χ2n) is 4.45. The highest BCUT2D eigenvalue weighted by Crippen LogP contribution is 2.28. The highest BCUT2D eigenvalue weighted by molar-refractivity contribution is 9.10. The molecular weight excluding hydrogens is 343 g/mol. The van der Waals surface area contributed by atoms with E-state index < -0.39 is 0 Å². The first-order valence-corrected chi connectivity index (χ1v) is 7.55. The van der Waals surface area contributed by atoms with Crippen molar-refractivity contribution in [3.63, 3.8) is 0 Å². The maximum absolute atomic E-state index is 13.2. The average Bonchev–Trinajstić information content (AvgIpc) is 2.41. The van der Waals surface area contributed by atoms with E-state index >= 15 is 0 Å². The lowest BCUT2D eigenvalue weighted by atomic mass is 9.99. The summed E-state index contributed by atoms with van der Waals surface area (Å²) in [5.74, 6) is -0.252. The van der Waals surface area contributed by atoms with Crippen molar-refractivity contribution in [2.45, 2.75) is 19.4 Å². The van der Waals surface area contributed by atoms with Crippen LogP contribution in [0.3, 0.4) is 0 Å². The van der Waals surface area contributed by atoms with Crippen LogP contribution in [-0.2, 0) is 6.42 Å². The van der Waals surface area contributed by atoms with Crippen LogP contribution < -0.4 is 5.32 Å². The lowest BCUT2D eigenvalue weighted by Gasteiger charge is -2.20. The number of nitrogens with one attached hydrogen (secondary N) is 1. The first-order chi connectivity index (χ1) is 9.61. The van der Waals surface area contributed by atoms with Crippen molar-refractivity contribution in [3.8, 4) is 0 Å². The number of pyridine rings is 1. The molecule has 1 aromatic carbocycles. The largest absolute Gasteiger partial charge is 0.310 e. The summed E-state index contributed by atoms with van der Waals surface area (Å²) in [5.41, 5.74) is 2.03. The molecule has 0 saturated carbocycles. The van der Waals surface area contributed by atoms with E-state index in [1.807, 2.05) is 13.0 Å².